The van der Waals surface area contributed by atoms with E-state index < -0.39 is 5.91 Å². The van der Waals surface area contributed by atoms with Crippen molar-refractivity contribution >= 4 is 17.7 Å². The van der Waals surface area contributed by atoms with Crippen molar-refractivity contribution in [2.45, 2.75) is 19.0 Å². The van der Waals surface area contributed by atoms with Crippen LogP contribution < -0.4 is 10.8 Å². The average Bonchev–Trinajstić information content (AvgIpc) is 3.08. The SMILES string of the molecule is O=C(/C=C/c1ccc(N[C@@H]2CCN(Cc3ccccc3)C2)cn1)NO. The van der Waals surface area contributed by atoms with Crippen LogP contribution in [-0.2, 0) is 11.3 Å². The number of hydrogen-bond acceptors (Lipinski definition) is 5. The summed E-state index contributed by atoms with van der Waals surface area (Å²) in [6, 6.07) is 14.7. The van der Waals surface area contributed by atoms with Crippen molar-refractivity contribution in [1.82, 2.24) is 15.4 Å². The number of nitrogens with zero attached hydrogens (tertiary/aromatic N) is 2. The number of pyridine rings is 1. The Bertz CT molecular complexity index is 716. The molecule has 6 nitrogen and oxygen atoms in total. The molecule has 0 radical (unpaired) electrons. The van der Waals surface area contributed by atoms with Crippen LogP contribution in [0.5, 0.6) is 0 Å². The molecule has 6 heteroatoms. The van der Waals surface area contributed by atoms with Gasteiger partial charge in [0.2, 0.25) is 0 Å². The molecule has 2 heterocycles. The molecule has 1 atom stereocenters. The lowest BCUT2D eigenvalue weighted by Gasteiger charge is -2.17. The Morgan fingerprint density at radius 3 is 2.84 bits per heavy atom. The predicted molar refractivity (Wildman–Crippen MR) is 96.9 cm³/mol. The zero-order chi connectivity index (χ0) is 17.5. The largest absolute Gasteiger partial charge is 0.380 e. The molecule has 1 amide bonds. The van der Waals surface area contributed by atoms with Crippen molar-refractivity contribution < 1.29 is 10.0 Å². The zero-order valence-corrected chi connectivity index (χ0v) is 13.9. The number of hydroxylamine groups is 1. The molecular formula is C19H22N4O2. The lowest BCUT2D eigenvalue weighted by Crippen LogP contribution is -2.26. The van der Waals surface area contributed by atoms with Crippen LogP contribution in [0.2, 0.25) is 0 Å². The molecule has 3 N–H and O–H groups in total. The number of hydrogen-bond donors (Lipinski definition) is 3. The molecule has 3 rings (SSSR count). The number of amides is 1. The van der Waals surface area contributed by atoms with Crippen molar-refractivity contribution in [3.05, 3.63) is 66.0 Å². The lowest BCUT2D eigenvalue weighted by molar-refractivity contribution is -0.124. The predicted octanol–water partition coefficient (Wildman–Crippen LogP) is 2.29. The van der Waals surface area contributed by atoms with Gasteiger partial charge in [-0.2, -0.15) is 0 Å². The molecular weight excluding hydrogens is 316 g/mol. The number of rotatable bonds is 6. The van der Waals surface area contributed by atoms with Crippen LogP contribution in [0.3, 0.4) is 0 Å². The first kappa shape index (κ1) is 17.1. The molecule has 1 aliphatic heterocycles. The molecule has 2 aromatic rings. The van der Waals surface area contributed by atoms with Gasteiger partial charge in [-0.05, 0) is 30.2 Å². The highest BCUT2D eigenvalue weighted by Gasteiger charge is 2.22. The van der Waals surface area contributed by atoms with Crippen molar-refractivity contribution in [1.29, 1.82) is 0 Å². The van der Waals surface area contributed by atoms with Gasteiger partial charge in [-0.1, -0.05) is 30.3 Å². The van der Waals surface area contributed by atoms with Gasteiger partial charge in [-0.25, -0.2) is 5.48 Å². The van der Waals surface area contributed by atoms with Gasteiger partial charge in [0.25, 0.3) is 5.91 Å². The molecule has 1 saturated heterocycles. The Balaban J connectivity index is 1.50. The molecule has 0 spiro atoms. The topological polar surface area (TPSA) is 77.5 Å². The number of anilines is 1. The van der Waals surface area contributed by atoms with Gasteiger partial charge in [-0.3, -0.25) is 19.9 Å². The molecule has 0 unspecified atom stereocenters. The minimum absolute atomic E-state index is 0.409. The molecule has 25 heavy (non-hydrogen) atoms. The lowest BCUT2D eigenvalue weighted by atomic mass is 10.2. The van der Waals surface area contributed by atoms with Gasteiger partial charge >= 0.3 is 0 Å². The van der Waals surface area contributed by atoms with Gasteiger partial charge in [0.05, 0.1) is 17.6 Å². The Labute approximate surface area is 147 Å². The number of likely N-dealkylation sites (tertiary alicyclic amines) is 1. The quantitative estimate of drug-likeness (QED) is 0.428. The summed E-state index contributed by atoms with van der Waals surface area (Å²) < 4.78 is 0. The first-order chi connectivity index (χ1) is 12.2. The Hall–Kier alpha value is -2.70. The molecule has 0 saturated carbocycles. The molecule has 1 aliphatic rings. The van der Waals surface area contributed by atoms with Gasteiger partial charge in [0.15, 0.2) is 0 Å². The summed E-state index contributed by atoms with van der Waals surface area (Å²) >= 11 is 0. The minimum Gasteiger partial charge on any atom is -0.380 e. The van der Waals surface area contributed by atoms with Crippen LogP contribution in [0.25, 0.3) is 6.08 Å². The average molecular weight is 338 g/mol. The zero-order valence-electron chi connectivity index (χ0n) is 13.9. The van der Waals surface area contributed by atoms with E-state index in [0.717, 1.165) is 31.7 Å². The van der Waals surface area contributed by atoms with Crippen LogP contribution in [-0.4, -0.2) is 40.1 Å². The molecule has 1 fully saturated rings. The first-order valence-corrected chi connectivity index (χ1v) is 8.34. The number of carbonyl (C=O) groups excluding carboxylic acids is 1. The van der Waals surface area contributed by atoms with Crippen molar-refractivity contribution in [2.75, 3.05) is 18.4 Å². The number of nitrogens with one attached hydrogen (secondary N) is 2. The van der Waals surface area contributed by atoms with E-state index in [0.29, 0.717) is 11.7 Å². The van der Waals surface area contributed by atoms with E-state index in [1.165, 1.54) is 11.6 Å². The van der Waals surface area contributed by atoms with Crippen LogP contribution in [0.4, 0.5) is 5.69 Å². The van der Waals surface area contributed by atoms with Crippen molar-refractivity contribution in [3.8, 4) is 0 Å². The van der Waals surface area contributed by atoms with E-state index in [4.69, 9.17) is 5.21 Å². The van der Waals surface area contributed by atoms with Crippen LogP contribution in [0.1, 0.15) is 17.7 Å². The Morgan fingerprint density at radius 2 is 2.12 bits per heavy atom. The number of aromatic nitrogens is 1. The second-order valence-electron chi connectivity index (χ2n) is 6.13. The molecule has 0 aliphatic carbocycles. The highest BCUT2D eigenvalue weighted by Crippen LogP contribution is 2.18. The van der Waals surface area contributed by atoms with E-state index in [9.17, 15) is 4.79 Å². The standard InChI is InChI=1S/C19H22N4O2/c24-19(22-25)9-8-16-6-7-17(12-20-16)21-18-10-11-23(14-18)13-15-4-2-1-3-5-15/h1-9,12,18,21,25H,10-11,13-14H2,(H,22,24)/b9-8+/t18-/m1/s1. The Kier molecular flexibility index (Phi) is 5.77. The third-order valence-electron chi connectivity index (χ3n) is 4.19. The highest BCUT2D eigenvalue weighted by atomic mass is 16.5. The summed E-state index contributed by atoms with van der Waals surface area (Å²) in [7, 11) is 0. The smallest absolute Gasteiger partial charge is 0.267 e. The molecule has 0 bridgehead atoms. The third-order valence-corrected chi connectivity index (χ3v) is 4.19. The minimum atomic E-state index is -0.575. The fourth-order valence-corrected chi connectivity index (χ4v) is 2.96. The summed E-state index contributed by atoms with van der Waals surface area (Å²) in [6.45, 7) is 3.07. The van der Waals surface area contributed by atoms with E-state index in [2.05, 4.69) is 39.5 Å². The van der Waals surface area contributed by atoms with Crippen LogP contribution in [0.15, 0.2) is 54.7 Å². The van der Waals surface area contributed by atoms with Crippen molar-refractivity contribution in [2.24, 2.45) is 0 Å². The fraction of sp³-hybridized carbons (Fsp3) is 0.263. The fourth-order valence-electron chi connectivity index (χ4n) is 2.96. The van der Waals surface area contributed by atoms with E-state index in [1.54, 1.807) is 17.8 Å². The summed E-state index contributed by atoms with van der Waals surface area (Å²) in [5, 5.41) is 12.0. The third kappa shape index (κ3) is 5.14. The maximum Gasteiger partial charge on any atom is 0.267 e. The number of benzene rings is 1. The highest BCUT2D eigenvalue weighted by molar-refractivity contribution is 5.90. The van der Waals surface area contributed by atoms with E-state index in [-0.39, 0.29) is 0 Å². The van der Waals surface area contributed by atoms with E-state index in [1.807, 2.05) is 18.2 Å². The van der Waals surface area contributed by atoms with E-state index >= 15 is 0 Å². The molecule has 130 valence electrons. The maximum atomic E-state index is 11.0. The van der Waals surface area contributed by atoms with Crippen LogP contribution >= 0.6 is 0 Å². The second kappa shape index (κ2) is 8.41. The monoisotopic (exact) mass is 338 g/mol. The summed E-state index contributed by atoms with van der Waals surface area (Å²) in [6.07, 6.45) is 5.64. The normalized spacial score (nSPS) is 17.7. The summed E-state index contributed by atoms with van der Waals surface area (Å²) in [5.41, 5.74) is 4.51. The second-order valence-corrected chi connectivity index (χ2v) is 6.13. The maximum absolute atomic E-state index is 11.0. The first-order valence-electron chi connectivity index (χ1n) is 8.34. The number of carbonyl (C=O) groups is 1. The van der Waals surface area contributed by atoms with Crippen molar-refractivity contribution in [3.63, 3.8) is 0 Å². The molecule has 1 aromatic carbocycles. The van der Waals surface area contributed by atoms with Gasteiger partial charge in [-0.15, -0.1) is 0 Å². The van der Waals surface area contributed by atoms with Gasteiger partial charge in [0, 0.05) is 31.8 Å². The van der Waals surface area contributed by atoms with Gasteiger partial charge < -0.3 is 5.32 Å². The molecule has 1 aromatic heterocycles. The van der Waals surface area contributed by atoms with Gasteiger partial charge in [0.1, 0.15) is 0 Å². The summed E-state index contributed by atoms with van der Waals surface area (Å²) in [4.78, 5) is 17.7. The Morgan fingerprint density at radius 1 is 1.28 bits per heavy atom. The van der Waals surface area contributed by atoms with Crippen LogP contribution in [0, 0.1) is 0 Å². The summed E-state index contributed by atoms with van der Waals surface area (Å²) in [5.74, 6) is -0.575.